The molecule has 0 radical (unpaired) electrons. The van der Waals surface area contributed by atoms with Gasteiger partial charge in [0.05, 0.1) is 5.60 Å². The van der Waals surface area contributed by atoms with E-state index in [9.17, 15) is 9.90 Å². The molecule has 3 N–H and O–H groups in total. The molecule has 4 nitrogen and oxygen atoms in total. The molecule has 0 aromatic heterocycles. The van der Waals surface area contributed by atoms with E-state index < -0.39 is 5.60 Å². The quantitative estimate of drug-likeness (QED) is 0.780. The van der Waals surface area contributed by atoms with E-state index >= 15 is 0 Å². The molecule has 3 rings (SSSR count). The Kier molecular flexibility index (Phi) is 3.19. The van der Waals surface area contributed by atoms with Crippen molar-refractivity contribution in [2.45, 2.75) is 44.1 Å². The number of benzene rings is 1. The molecule has 0 bridgehead atoms. The number of hydrogen-bond acceptors (Lipinski definition) is 2. The van der Waals surface area contributed by atoms with Crippen LogP contribution in [0, 0.1) is 0 Å². The number of nitrogens with one attached hydrogen (secondary N) is 2. The van der Waals surface area contributed by atoms with Crippen LogP contribution in [-0.4, -0.2) is 23.3 Å². The Bertz CT molecular complexity index is 495. The van der Waals surface area contributed by atoms with E-state index in [0.29, 0.717) is 6.54 Å². The molecule has 2 amide bonds. The largest absolute Gasteiger partial charge is 0.388 e. The monoisotopic (exact) mass is 260 g/mol. The van der Waals surface area contributed by atoms with Crippen LogP contribution in [0.4, 0.5) is 10.5 Å². The van der Waals surface area contributed by atoms with Gasteiger partial charge in [-0.15, -0.1) is 0 Å². The van der Waals surface area contributed by atoms with E-state index in [1.165, 1.54) is 17.5 Å². The molecule has 0 aliphatic heterocycles. The van der Waals surface area contributed by atoms with Crippen molar-refractivity contribution in [3.63, 3.8) is 0 Å². The number of urea groups is 1. The molecule has 0 saturated heterocycles. The average molecular weight is 260 g/mol. The molecule has 19 heavy (non-hydrogen) atoms. The molecule has 0 unspecified atom stereocenters. The summed E-state index contributed by atoms with van der Waals surface area (Å²) < 4.78 is 0. The second-order valence-corrected chi connectivity index (χ2v) is 5.72. The lowest BCUT2D eigenvalue weighted by atomic mass is 9.80. The number of amides is 2. The van der Waals surface area contributed by atoms with Gasteiger partial charge in [-0.3, -0.25) is 0 Å². The third kappa shape index (κ3) is 2.73. The fourth-order valence-corrected chi connectivity index (χ4v) is 2.83. The Hall–Kier alpha value is -1.55. The summed E-state index contributed by atoms with van der Waals surface area (Å²) in [4.78, 5) is 11.8. The summed E-state index contributed by atoms with van der Waals surface area (Å²) >= 11 is 0. The van der Waals surface area contributed by atoms with Crippen LogP contribution in [-0.2, 0) is 12.8 Å². The van der Waals surface area contributed by atoms with Gasteiger partial charge in [0, 0.05) is 12.2 Å². The molecule has 4 heteroatoms. The van der Waals surface area contributed by atoms with Gasteiger partial charge in [0.2, 0.25) is 0 Å². The molecule has 0 atom stereocenters. The van der Waals surface area contributed by atoms with Gasteiger partial charge in [0.25, 0.3) is 0 Å². The molecule has 0 heterocycles. The molecule has 1 aromatic carbocycles. The number of hydrogen-bond donors (Lipinski definition) is 3. The Morgan fingerprint density at radius 2 is 2.00 bits per heavy atom. The van der Waals surface area contributed by atoms with Gasteiger partial charge in [0.1, 0.15) is 0 Å². The molecule has 2 aliphatic carbocycles. The van der Waals surface area contributed by atoms with Crippen LogP contribution in [0.5, 0.6) is 0 Å². The maximum atomic E-state index is 11.8. The van der Waals surface area contributed by atoms with Crippen LogP contribution in [0.2, 0.25) is 0 Å². The van der Waals surface area contributed by atoms with Crippen molar-refractivity contribution in [1.82, 2.24) is 5.32 Å². The molecular formula is C15H20N2O2. The third-order valence-corrected chi connectivity index (χ3v) is 4.22. The standard InChI is InChI=1S/C15H20N2O2/c18-14(16-10-15(19)7-2-8-15)17-13-6-5-11-3-1-4-12(11)9-13/h5-6,9,19H,1-4,7-8,10H2,(H2,16,17,18). The summed E-state index contributed by atoms with van der Waals surface area (Å²) in [5.74, 6) is 0. The molecule has 1 aromatic rings. The minimum atomic E-state index is -0.671. The molecule has 102 valence electrons. The van der Waals surface area contributed by atoms with Crippen LogP contribution >= 0.6 is 0 Å². The SMILES string of the molecule is O=C(NCC1(O)CCC1)Nc1ccc2c(c1)CCC2. The second-order valence-electron chi connectivity index (χ2n) is 5.72. The Labute approximate surface area is 113 Å². The highest BCUT2D eigenvalue weighted by atomic mass is 16.3. The van der Waals surface area contributed by atoms with Crippen molar-refractivity contribution in [1.29, 1.82) is 0 Å². The van der Waals surface area contributed by atoms with E-state index in [-0.39, 0.29) is 6.03 Å². The first-order chi connectivity index (χ1) is 9.15. The number of carbonyl (C=O) groups is 1. The maximum Gasteiger partial charge on any atom is 0.319 e. The minimum Gasteiger partial charge on any atom is -0.388 e. The van der Waals surface area contributed by atoms with Gasteiger partial charge in [-0.25, -0.2) is 4.79 Å². The van der Waals surface area contributed by atoms with Gasteiger partial charge in [-0.05, 0) is 61.8 Å². The van der Waals surface area contributed by atoms with Crippen molar-refractivity contribution in [3.05, 3.63) is 29.3 Å². The van der Waals surface area contributed by atoms with Crippen molar-refractivity contribution >= 4 is 11.7 Å². The third-order valence-electron chi connectivity index (χ3n) is 4.22. The van der Waals surface area contributed by atoms with E-state index in [2.05, 4.69) is 22.8 Å². The van der Waals surface area contributed by atoms with Crippen molar-refractivity contribution in [2.24, 2.45) is 0 Å². The number of aryl methyl sites for hydroxylation is 2. The zero-order valence-electron chi connectivity index (χ0n) is 11.0. The molecule has 0 spiro atoms. The summed E-state index contributed by atoms with van der Waals surface area (Å²) in [6.07, 6.45) is 6.07. The van der Waals surface area contributed by atoms with E-state index in [0.717, 1.165) is 37.8 Å². The highest BCUT2D eigenvalue weighted by Gasteiger charge is 2.34. The summed E-state index contributed by atoms with van der Waals surface area (Å²) in [5.41, 5.74) is 2.90. The first-order valence-corrected chi connectivity index (χ1v) is 7.04. The summed E-state index contributed by atoms with van der Waals surface area (Å²) in [6, 6.07) is 5.86. The molecular weight excluding hydrogens is 240 g/mol. The van der Waals surface area contributed by atoms with Crippen molar-refractivity contribution in [3.8, 4) is 0 Å². The van der Waals surface area contributed by atoms with E-state index in [4.69, 9.17) is 0 Å². The van der Waals surface area contributed by atoms with Crippen LogP contribution in [0.3, 0.4) is 0 Å². The number of anilines is 1. The molecule has 2 aliphatic rings. The fraction of sp³-hybridized carbons (Fsp3) is 0.533. The van der Waals surface area contributed by atoms with Crippen molar-refractivity contribution in [2.75, 3.05) is 11.9 Å². The van der Waals surface area contributed by atoms with E-state index in [1.807, 2.05) is 6.07 Å². The predicted molar refractivity (Wildman–Crippen MR) is 74.3 cm³/mol. The predicted octanol–water partition coefficient (Wildman–Crippen LogP) is 2.21. The smallest absolute Gasteiger partial charge is 0.319 e. The van der Waals surface area contributed by atoms with Gasteiger partial charge in [-0.2, -0.15) is 0 Å². The summed E-state index contributed by atoms with van der Waals surface area (Å²) in [6.45, 7) is 0.337. The average Bonchev–Trinajstić information content (AvgIpc) is 2.81. The summed E-state index contributed by atoms with van der Waals surface area (Å²) in [5, 5.41) is 15.5. The lowest BCUT2D eigenvalue weighted by Gasteiger charge is -2.36. The van der Waals surface area contributed by atoms with Crippen LogP contribution < -0.4 is 10.6 Å². The number of rotatable bonds is 3. The van der Waals surface area contributed by atoms with Gasteiger partial charge >= 0.3 is 6.03 Å². The van der Waals surface area contributed by atoms with Crippen LogP contribution in [0.1, 0.15) is 36.8 Å². The van der Waals surface area contributed by atoms with Crippen molar-refractivity contribution < 1.29 is 9.90 Å². The first kappa shape index (κ1) is 12.5. The zero-order valence-corrected chi connectivity index (χ0v) is 11.0. The highest BCUT2D eigenvalue weighted by Crippen LogP contribution is 2.30. The maximum absolute atomic E-state index is 11.8. The first-order valence-electron chi connectivity index (χ1n) is 7.04. The lowest BCUT2D eigenvalue weighted by Crippen LogP contribution is -2.48. The fourth-order valence-electron chi connectivity index (χ4n) is 2.83. The number of aliphatic hydroxyl groups is 1. The Balaban J connectivity index is 1.54. The van der Waals surface area contributed by atoms with Gasteiger partial charge in [-0.1, -0.05) is 6.07 Å². The Morgan fingerprint density at radius 3 is 2.74 bits per heavy atom. The van der Waals surface area contributed by atoms with Gasteiger partial charge in [0.15, 0.2) is 0 Å². The van der Waals surface area contributed by atoms with E-state index in [1.54, 1.807) is 0 Å². The Morgan fingerprint density at radius 1 is 1.21 bits per heavy atom. The topological polar surface area (TPSA) is 61.4 Å². The van der Waals surface area contributed by atoms with Crippen LogP contribution in [0.25, 0.3) is 0 Å². The number of carbonyl (C=O) groups excluding carboxylic acids is 1. The second kappa shape index (κ2) is 4.85. The molecule has 1 fully saturated rings. The van der Waals surface area contributed by atoms with Gasteiger partial charge < -0.3 is 15.7 Å². The lowest BCUT2D eigenvalue weighted by molar-refractivity contribution is -0.0287. The highest BCUT2D eigenvalue weighted by molar-refractivity contribution is 5.89. The van der Waals surface area contributed by atoms with Crippen LogP contribution in [0.15, 0.2) is 18.2 Å². The summed E-state index contributed by atoms with van der Waals surface area (Å²) in [7, 11) is 0. The normalized spacial score (nSPS) is 19.4. The minimum absolute atomic E-state index is 0.238. The molecule has 1 saturated carbocycles. The number of fused-ring (bicyclic) bond motifs is 1. The zero-order chi connectivity index (χ0) is 13.3.